The maximum atomic E-state index is 11.1. The van der Waals surface area contributed by atoms with E-state index in [9.17, 15) is 4.79 Å². The number of hydrogen-bond donors (Lipinski definition) is 4. The fourth-order valence-electron chi connectivity index (χ4n) is 0.937. The summed E-state index contributed by atoms with van der Waals surface area (Å²) in [6, 6.07) is 3.25. The molecule has 1 rings (SSSR count). The van der Waals surface area contributed by atoms with Crippen LogP contribution in [0.25, 0.3) is 0 Å². The quantitative estimate of drug-likeness (QED) is 0.555. The fourth-order valence-corrected chi connectivity index (χ4v) is 0.937. The van der Waals surface area contributed by atoms with E-state index in [1.165, 1.54) is 0 Å². The smallest absolute Gasteiger partial charge is 0.242 e. The van der Waals surface area contributed by atoms with Crippen molar-refractivity contribution in [2.24, 2.45) is 5.73 Å². The zero-order valence-corrected chi connectivity index (χ0v) is 8.74. The molecule has 0 saturated heterocycles. The molecule has 0 aromatic carbocycles. The number of rotatable bonds is 3. The van der Waals surface area contributed by atoms with E-state index < -0.39 is 11.4 Å². The van der Waals surface area contributed by atoms with Gasteiger partial charge in [-0.25, -0.2) is 4.98 Å². The standard InChI is InChI=1S/C9H15N5O/c1-9(2,8(12)15)14-6-4-3-5(10)7(11)13-6/h3-4H,10H2,1-2H3,(H2,12,15)(H3,11,13,14). The highest BCUT2D eigenvalue weighted by atomic mass is 16.1. The molecule has 1 amide bonds. The molecular formula is C9H15N5O. The predicted octanol–water partition coefficient (Wildman–Crippen LogP) is -0.0782. The minimum absolute atomic E-state index is 0.222. The molecule has 0 saturated carbocycles. The number of nitrogens with one attached hydrogen (secondary N) is 1. The van der Waals surface area contributed by atoms with Crippen LogP contribution in [0.5, 0.6) is 0 Å². The molecule has 0 fully saturated rings. The summed E-state index contributed by atoms with van der Waals surface area (Å²) in [5.41, 5.74) is 15.8. The fraction of sp³-hybridized carbons (Fsp3) is 0.333. The van der Waals surface area contributed by atoms with Crippen LogP contribution in [0.3, 0.4) is 0 Å². The number of pyridine rings is 1. The van der Waals surface area contributed by atoms with Gasteiger partial charge in [-0.1, -0.05) is 0 Å². The number of nitrogens with two attached hydrogens (primary N) is 3. The molecule has 15 heavy (non-hydrogen) atoms. The van der Waals surface area contributed by atoms with Gasteiger partial charge in [0.2, 0.25) is 5.91 Å². The Morgan fingerprint density at radius 1 is 1.40 bits per heavy atom. The number of carbonyl (C=O) groups excluding carboxylic acids is 1. The number of hydrogen-bond acceptors (Lipinski definition) is 5. The number of amides is 1. The predicted molar refractivity (Wildman–Crippen MR) is 60.0 cm³/mol. The number of carbonyl (C=O) groups is 1. The Balaban J connectivity index is 2.91. The summed E-state index contributed by atoms with van der Waals surface area (Å²) >= 11 is 0. The number of nitrogens with zero attached hydrogens (tertiary/aromatic N) is 1. The van der Waals surface area contributed by atoms with Crippen LogP contribution < -0.4 is 22.5 Å². The van der Waals surface area contributed by atoms with Crippen LogP contribution in [0.1, 0.15) is 13.8 Å². The van der Waals surface area contributed by atoms with Gasteiger partial charge in [0.1, 0.15) is 17.2 Å². The van der Waals surface area contributed by atoms with Gasteiger partial charge in [0.25, 0.3) is 0 Å². The van der Waals surface area contributed by atoms with Crippen molar-refractivity contribution in [3.05, 3.63) is 12.1 Å². The van der Waals surface area contributed by atoms with Crippen LogP contribution >= 0.6 is 0 Å². The lowest BCUT2D eigenvalue weighted by Crippen LogP contribution is -2.45. The van der Waals surface area contributed by atoms with Gasteiger partial charge in [0, 0.05) is 0 Å². The number of primary amides is 1. The van der Waals surface area contributed by atoms with Crippen molar-refractivity contribution in [2.75, 3.05) is 16.8 Å². The lowest BCUT2D eigenvalue weighted by Gasteiger charge is -2.23. The first-order valence-electron chi connectivity index (χ1n) is 4.43. The van der Waals surface area contributed by atoms with Gasteiger partial charge in [-0.3, -0.25) is 4.79 Å². The van der Waals surface area contributed by atoms with Gasteiger partial charge in [-0.2, -0.15) is 0 Å². The average Bonchev–Trinajstić information content (AvgIpc) is 2.10. The Labute approximate surface area is 87.8 Å². The monoisotopic (exact) mass is 209 g/mol. The van der Waals surface area contributed by atoms with Gasteiger partial charge in [0.05, 0.1) is 5.69 Å². The second kappa shape index (κ2) is 3.64. The maximum absolute atomic E-state index is 11.1. The van der Waals surface area contributed by atoms with Gasteiger partial charge in [-0.15, -0.1) is 0 Å². The van der Waals surface area contributed by atoms with E-state index in [0.717, 1.165) is 0 Å². The number of aromatic nitrogens is 1. The van der Waals surface area contributed by atoms with Crippen LogP contribution in [0, 0.1) is 0 Å². The Morgan fingerprint density at radius 2 is 2.00 bits per heavy atom. The topological polar surface area (TPSA) is 120 Å². The minimum Gasteiger partial charge on any atom is -0.396 e. The van der Waals surface area contributed by atoms with E-state index >= 15 is 0 Å². The highest BCUT2D eigenvalue weighted by Crippen LogP contribution is 2.17. The lowest BCUT2D eigenvalue weighted by molar-refractivity contribution is -0.121. The van der Waals surface area contributed by atoms with E-state index in [0.29, 0.717) is 11.5 Å². The molecule has 0 unspecified atom stereocenters. The normalized spacial score (nSPS) is 11.1. The maximum Gasteiger partial charge on any atom is 0.242 e. The van der Waals surface area contributed by atoms with E-state index in [1.54, 1.807) is 26.0 Å². The van der Waals surface area contributed by atoms with Crippen molar-refractivity contribution >= 4 is 23.2 Å². The molecule has 7 N–H and O–H groups in total. The van der Waals surface area contributed by atoms with Crippen molar-refractivity contribution in [2.45, 2.75) is 19.4 Å². The minimum atomic E-state index is -0.879. The van der Waals surface area contributed by atoms with E-state index in [1.807, 2.05) is 0 Å². The molecule has 0 radical (unpaired) electrons. The van der Waals surface area contributed by atoms with E-state index in [2.05, 4.69) is 10.3 Å². The van der Waals surface area contributed by atoms with Crippen LogP contribution in [0.4, 0.5) is 17.3 Å². The second-order valence-corrected chi connectivity index (χ2v) is 3.79. The largest absolute Gasteiger partial charge is 0.396 e. The second-order valence-electron chi connectivity index (χ2n) is 3.79. The first-order valence-corrected chi connectivity index (χ1v) is 4.43. The number of nitrogen functional groups attached to an aromatic ring is 2. The summed E-state index contributed by atoms with van der Waals surface area (Å²) < 4.78 is 0. The van der Waals surface area contributed by atoms with E-state index in [4.69, 9.17) is 17.2 Å². The highest BCUT2D eigenvalue weighted by molar-refractivity contribution is 5.86. The molecular weight excluding hydrogens is 194 g/mol. The van der Waals surface area contributed by atoms with Crippen LogP contribution in [0.15, 0.2) is 12.1 Å². The molecule has 82 valence electrons. The summed E-state index contributed by atoms with van der Waals surface area (Å²) in [7, 11) is 0. The van der Waals surface area contributed by atoms with Crippen molar-refractivity contribution in [3.8, 4) is 0 Å². The molecule has 0 aliphatic heterocycles. The zero-order chi connectivity index (χ0) is 11.6. The van der Waals surface area contributed by atoms with Gasteiger partial charge in [0.15, 0.2) is 0 Å². The highest BCUT2D eigenvalue weighted by Gasteiger charge is 2.24. The average molecular weight is 209 g/mol. The Morgan fingerprint density at radius 3 is 2.47 bits per heavy atom. The Hall–Kier alpha value is -1.98. The SMILES string of the molecule is CC(C)(Nc1ccc(N)c(N)n1)C(N)=O. The zero-order valence-electron chi connectivity index (χ0n) is 8.74. The van der Waals surface area contributed by atoms with Crippen molar-refractivity contribution in [3.63, 3.8) is 0 Å². The third-order valence-corrected chi connectivity index (χ3v) is 2.01. The molecule has 0 spiro atoms. The molecule has 0 atom stereocenters. The summed E-state index contributed by atoms with van der Waals surface area (Å²) in [6.07, 6.45) is 0. The van der Waals surface area contributed by atoms with Gasteiger partial charge < -0.3 is 22.5 Å². The molecule has 1 aromatic heterocycles. The molecule has 0 aliphatic rings. The first kappa shape index (κ1) is 11.1. The molecule has 1 aromatic rings. The molecule has 1 heterocycles. The van der Waals surface area contributed by atoms with Crippen LogP contribution in [-0.4, -0.2) is 16.4 Å². The lowest BCUT2D eigenvalue weighted by atomic mass is 10.1. The first-order chi connectivity index (χ1) is 6.83. The Kier molecular flexibility index (Phi) is 2.69. The Bertz CT molecular complexity index is 388. The van der Waals surface area contributed by atoms with Crippen molar-refractivity contribution in [1.29, 1.82) is 0 Å². The van der Waals surface area contributed by atoms with Crippen LogP contribution in [0.2, 0.25) is 0 Å². The molecule has 0 bridgehead atoms. The third kappa shape index (κ3) is 2.49. The van der Waals surface area contributed by atoms with E-state index in [-0.39, 0.29) is 5.82 Å². The van der Waals surface area contributed by atoms with Crippen molar-refractivity contribution in [1.82, 2.24) is 4.98 Å². The summed E-state index contributed by atoms with van der Waals surface area (Å²) in [5.74, 6) is 0.213. The van der Waals surface area contributed by atoms with Gasteiger partial charge >= 0.3 is 0 Å². The molecule has 6 heteroatoms. The van der Waals surface area contributed by atoms with Gasteiger partial charge in [-0.05, 0) is 26.0 Å². The molecule has 0 aliphatic carbocycles. The third-order valence-electron chi connectivity index (χ3n) is 2.01. The summed E-state index contributed by atoms with van der Waals surface area (Å²) in [6.45, 7) is 3.31. The van der Waals surface area contributed by atoms with Crippen molar-refractivity contribution < 1.29 is 4.79 Å². The van der Waals surface area contributed by atoms with Crippen LogP contribution in [-0.2, 0) is 4.79 Å². The number of anilines is 3. The summed E-state index contributed by atoms with van der Waals surface area (Å²) in [5, 5.41) is 2.86. The summed E-state index contributed by atoms with van der Waals surface area (Å²) in [4.78, 5) is 15.0. The molecule has 6 nitrogen and oxygen atoms in total.